The van der Waals surface area contributed by atoms with Gasteiger partial charge >= 0.3 is 0 Å². The second-order valence-electron chi connectivity index (χ2n) is 4.88. The normalized spacial score (nSPS) is 13.1. The summed E-state index contributed by atoms with van der Waals surface area (Å²) in [4.78, 5) is 0. The van der Waals surface area contributed by atoms with Crippen molar-refractivity contribution < 1.29 is 4.39 Å². The van der Waals surface area contributed by atoms with Crippen LogP contribution in [0.2, 0.25) is 0 Å². The lowest BCUT2D eigenvalue weighted by Gasteiger charge is -2.15. The van der Waals surface area contributed by atoms with Gasteiger partial charge in [0.05, 0.1) is 0 Å². The lowest BCUT2D eigenvalue weighted by molar-refractivity contribution is 0.484. The van der Waals surface area contributed by atoms with E-state index < -0.39 is 0 Å². The van der Waals surface area contributed by atoms with E-state index in [2.05, 4.69) is 35.1 Å². The molecule has 0 aliphatic rings. The van der Waals surface area contributed by atoms with Crippen molar-refractivity contribution in [2.75, 3.05) is 6.54 Å². The maximum absolute atomic E-state index is 13.6. The summed E-state index contributed by atoms with van der Waals surface area (Å²) in [5.74, 6) is 0.590. The number of halogens is 2. The Labute approximate surface area is 112 Å². The molecule has 0 aliphatic carbocycles. The molecule has 0 amide bonds. The Morgan fingerprint density at radius 1 is 1.29 bits per heavy atom. The molecule has 1 rings (SSSR count). The fraction of sp³-hybridized carbons (Fsp3) is 0.571. The van der Waals surface area contributed by atoms with Crippen LogP contribution in [0.25, 0.3) is 0 Å². The van der Waals surface area contributed by atoms with Crippen LogP contribution in [-0.4, -0.2) is 6.54 Å². The number of nitrogens with one attached hydrogen (secondary N) is 1. The van der Waals surface area contributed by atoms with Gasteiger partial charge in [-0.2, -0.15) is 0 Å². The minimum absolute atomic E-state index is 0.0552. The summed E-state index contributed by atoms with van der Waals surface area (Å²) in [6.45, 7) is 7.38. The van der Waals surface area contributed by atoms with Crippen LogP contribution in [0.3, 0.4) is 0 Å². The Balaban J connectivity index is 2.46. The first-order valence-corrected chi connectivity index (χ1v) is 6.98. The Kier molecular flexibility index (Phi) is 6.14. The molecule has 0 aromatic heterocycles. The predicted octanol–water partition coefficient (Wildman–Crippen LogP) is 4.68. The molecule has 1 aromatic carbocycles. The van der Waals surface area contributed by atoms with Gasteiger partial charge in [0.1, 0.15) is 5.82 Å². The van der Waals surface area contributed by atoms with Crippen LogP contribution in [0.1, 0.15) is 45.2 Å². The summed E-state index contributed by atoms with van der Waals surface area (Å²) in [5, 5.41) is 3.36. The van der Waals surface area contributed by atoms with Crippen LogP contribution in [0.5, 0.6) is 0 Å². The number of hydrogen-bond donors (Lipinski definition) is 1. The highest BCUT2D eigenvalue weighted by atomic mass is 79.9. The van der Waals surface area contributed by atoms with Crippen LogP contribution in [0.15, 0.2) is 22.7 Å². The molecule has 1 unspecified atom stereocenters. The van der Waals surface area contributed by atoms with E-state index in [9.17, 15) is 4.39 Å². The third-order valence-corrected chi connectivity index (χ3v) is 3.33. The topological polar surface area (TPSA) is 12.0 Å². The molecule has 3 heteroatoms. The standard InChI is InChI=1S/C14H21BrFN/c1-10(2)5-4-8-17-11(3)13-9-12(15)6-7-14(13)16/h6-7,9-11,17H,4-5,8H2,1-3H3. The quantitative estimate of drug-likeness (QED) is 0.753. The zero-order valence-corrected chi connectivity index (χ0v) is 12.3. The maximum atomic E-state index is 13.6. The third kappa shape index (κ3) is 5.17. The molecule has 0 spiro atoms. The number of rotatable bonds is 6. The molecule has 1 atom stereocenters. The van der Waals surface area contributed by atoms with Crippen LogP contribution in [0.4, 0.5) is 4.39 Å². The van der Waals surface area contributed by atoms with Crippen molar-refractivity contribution in [3.8, 4) is 0 Å². The van der Waals surface area contributed by atoms with Gasteiger partial charge in [-0.3, -0.25) is 0 Å². The maximum Gasteiger partial charge on any atom is 0.128 e. The smallest absolute Gasteiger partial charge is 0.128 e. The molecule has 0 saturated heterocycles. The van der Waals surface area contributed by atoms with Crippen molar-refractivity contribution in [1.29, 1.82) is 0 Å². The fourth-order valence-corrected chi connectivity index (χ4v) is 2.16. The molecule has 0 fully saturated rings. The Bertz CT molecular complexity index is 352. The average Bonchev–Trinajstić information content (AvgIpc) is 2.27. The van der Waals surface area contributed by atoms with Crippen LogP contribution >= 0.6 is 15.9 Å². The monoisotopic (exact) mass is 301 g/mol. The second-order valence-corrected chi connectivity index (χ2v) is 5.79. The van der Waals surface area contributed by atoms with Gasteiger partial charge in [-0.15, -0.1) is 0 Å². The fourth-order valence-electron chi connectivity index (χ4n) is 1.79. The molecule has 1 N–H and O–H groups in total. The largest absolute Gasteiger partial charge is 0.310 e. The van der Waals surface area contributed by atoms with Crippen molar-refractivity contribution >= 4 is 15.9 Å². The summed E-state index contributed by atoms with van der Waals surface area (Å²) < 4.78 is 14.5. The van der Waals surface area contributed by atoms with E-state index in [1.807, 2.05) is 13.0 Å². The molecule has 0 radical (unpaired) electrons. The zero-order chi connectivity index (χ0) is 12.8. The van der Waals surface area contributed by atoms with Crippen molar-refractivity contribution in [2.24, 2.45) is 5.92 Å². The summed E-state index contributed by atoms with van der Waals surface area (Å²) in [6.07, 6.45) is 2.35. The highest BCUT2D eigenvalue weighted by molar-refractivity contribution is 9.10. The van der Waals surface area contributed by atoms with Gasteiger partial charge in [-0.25, -0.2) is 4.39 Å². The lowest BCUT2D eigenvalue weighted by atomic mass is 10.1. The van der Waals surface area contributed by atoms with E-state index in [1.54, 1.807) is 6.07 Å². The van der Waals surface area contributed by atoms with Crippen LogP contribution in [-0.2, 0) is 0 Å². The SMILES string of the molecule is CC(C)CCCNC(C)c1cc(Br)ccc1F. The number of hydrogen-bond acceptors (Lipinski definition) is 1. The first-order valence-electron chi connectivity index (χ1n) is 6.19. The van der Waals surface area contributed by atoms with Gasteiger partial charge in [0, 0.05) is 16.1 Å². The van der Waals surface area contributed by atoms with E-state index in [-0.39, 0.29) is 11.9 Å². The predicted molar refractivity (Wildman–Crippen MR) is 74.6 cm³/mol. The second kappa shape index (κ2) is 7.12. The molecule has 0 aliphatic heterocycles. The van der Waals surface area contributed by atoms with Crippen LogP contribution < -0.4 is 5.32 Å². The van der Waals surface area contributed by atoms with Crippen LogP contribution in [0, 0.1) is 11.7 Å². The molecule has 1 nitrogen and oxygen atoms in total. The zero-order valence-electron chi connectivity index (χ0n) is 10.8. The lowest BCUT2D eigenvalue weighted by Crippen LogP contribution is -2.21. The first kappa shape index (κ1) is 14.7. The van der Waals surface area contributed by atoms with E-state index in [1.165, 1.54) is 12.5 Å². The minimum atomic E-state index is -0.142. The van der Waals surface area contributed by atoms with E-state index in [0.717, 1.165) is 28.9 Å². The Morgan fingerprint density at radius 3 is 2.65 bits per heavy atom. The summed E-state index contributed by atoms with van der Waals surface area (Å²) in [6, 6.07) is 5.13. The van der Waals surface area contributed by atoms with Crippen molar-refractivity contribution in [3.05, 3.63) is 34.1 Å². The molecule has 0 heterocycles. The van der Waals surface area contributed by atoms with Crippen molar-refractivity contribution in [1.82, 2.24) is 5.32 Å². The Hall–Kier alpha value is -0.410. The summed E-state index contributed by atoms with van der Waals surface area (Å²) >= 11 is 3.37. The van der Waals surface area contributed by atoms with Gasteiger partial charge in [-0.1, -0.05) is 29.8 Å². The van der Waals surface area contributed by atoms with E-state index in [0.29, 0.717) is 0 Å². The molecular weight excluding hydrogens is 281 g/mol. The van der Waals surface area contributed by atoms with Gasteiger partial charge in [-0.05, 0) is 50.4 Å². The molecule has 0 bridgehead atoms. The minimum Gasteiger partial charge on any atom is -0.310 e. The Morgan fingerprint density at radius 2 is 2.00 bits per heavy atom. The van der Waals surface area contributed by atoms with E-state index in [4.69, 9.17) is 0 Å². The first-order chi connectivity index (χ1) is 8.00. The molecule has 96 valence electrons. The third-order valence-electron chi connectivity index (χ3n) is 2.83. The average molecular weight is 302 g/mol. The van der Waals surface area contributed by atoms with Crippen molar-refractivity contribution in [3.63, 3.8) is 0 Å². The molecule has 1 aromatic rings. The van der Waals surface area contributed by atoms with Gasteiger partial charge in [0.25, 0.3) is 0 Å². The molecule has 17 heavy (non-hydrogen) atoms. The van der Waals surface area contributed by atoms with Gasteiger partial charge in [0.15, 0.2) is 0 Å². The molecule has 0 saturated carbocycles. The van der Waals surface area contributed by atoms with Gasteiger partial charge < -0.3 is 5.32 Å². The highest BCUT2D eigenvalue weighted by Crippen LogP contribution is 2.21. The summed E-state index contributed by atoms with van der Waals surface area (Å²) in [7, 11) is 0. The highest BCUT2D eigenvalue weighted by Gasteiger charge is 2.10. The van der Waals surface area contributed by atoms with Gasteiger partial charge in [0.2, 0.25) is 0 Å². The summed E-state index contributed by atoms with van der Waals surface area (Å²) in [5.41, 5.74) is 0.726. The molecular formula is C14H21BrFN. The van der Waals surface area contributed by atoms with E-state index >= 15 is 0 Å². The number of benzene rings is 1. The van der Waals surface area contributed by atoms with Crippen molar-refractivity contribution in [2.45, 2.75) is 39.7 Å².